The summed E-state index contributed by atoms with van der Waals surface area (Å²) in [5.74, 6) is 0.444. The third-order valence-corrected chi connectivity index (χ3v) is 4.85. The lowest BCUT2D eigenvalue weighted by Gasteiger charge is -2.22. The Morgan fingerprint density at radius 2 is 1.92 bits per heavy atom. The molecule has 1 atom stereocenters. The number of benzene rings is 1. The van der Waals surface area contributed by atoms with Crippen molar-refractivity contribution in [3.8, 4) is 0 Å². The topological polar surface area (TPSA) is 101 Å². The van der Waals surface area contributed by atoms with Crippen LogP contribution in [-0.2, 0) is 14.9 Å². The van der Waals surface area contributed by atoms with Crippen LogP contribution in [0, 0.1) is 0 Å². The highest BCUT2D eigenvalue weighted by atomic mass is 32.2. The van der Waals surface area contributed by atoms with Gasteiger partial charge in [0.05, 0.1) is 24.3 Å². The van der Waals surface area contributed by atoms with Gasteiger partial charge in [0.15, 0.2) is 0 Å². The molecule has 2 rings (SSSR count). The normalized spacial score (nSPS) is 13.0. The minimum atomic E-state index is -3.74. The predicted molar refractivity (Wildman–Crippen MR) is 91.2 cm³/mol. The van der Waals surface area contributed by atoms with E-state index in [0.29, 0.717) is 12.1 Å². The molecule has 136 valence electrons. The zero-order chi connectivity index (χ0) is 18.4. The molecule has 0 aliphatic carbocycles. The van der Waals surface area contributed by atoms with Crippen molar-refractivity contribution >= 4 is 15.9 Å². The van der Waals surface area contributed by atoms with Crippen molar-refractivity contribution in [2.24, 2.45) is 0 Å². The van der Waals surface area contributed by atoms with Crippen LogP contribution in [0.5, 0.6) is 0 Å². The van der Waals surface area contributed by atoms with E-state index < -0.39 is 10.0 Å². The van der Waals surface area contributed by atoms with E-state index in [4.69, 9.17) is 4.42 Å². The summed E-state index contributed by atoms with van der Waals surface area (Å²) in [5.41, 5.74) is 0.355. The standard InChI is InChI=1S/C16H21N3O5S/c1-19(2)14(15-5-4-10-24-15)11-17-16(20)12-6-8-13(9-7-12)25(21,22)18-23-3/h4-10,14,18H,11H2,1-3H3,(H,17,20). The highest BCUT2D eigenvalue weighted by molar-refractivity contribution is 7.89. The third-order valence-electron chi connectivity index (χ3n) is 3.57. The lowest BCUT2D eigenvalue weighted by Crippen LogP contribution is -2.34. The molecule has 1 amide bonds. The molecule has 0 saturated heterocycles. The minimum absolute atomic E-state index is 0.00709. The average Bonchev–Trinajstić information content (AvgIpc) is 3.09. The highest BCUT2D eigenvalue weighted by Crippen LogP contribution is 2.18. The molecule has 2 N–H and O–H groups in total. The Balaban J connectivity index is 2.03. The van der Waals surface area contributed by atoms with Crippen molar-refractivity contribution in [3.63, 3.8) is 0 Å². The fraction of sp³-hybridized carbons (Fsp3) is 0.312. The number of nitrogens with zero attached hydrogens (tertiary/aromatic N) is 1. The fourth-order valence-electron chi connectivity index (χ4n) is 2.25. The molecule has 0 saturated carbocycles. The van der Waals surface area contributed by atoms with Crippen LogP contribution in [-0.4, -0.2) is 47.0 Å². The number of sulfonamides is 1. The molecule has 0 radical (unpaired) electrons. The largest absolute Gasteiger partial charge is 0.468 e. The molecule has 0 spiro atoms. The Labute approximate surface area is 146 Å². The van der Waals surface area contributed by atoms with Crippen molar-refractivity contribution in [3.05, 3.63) is 54.0 Å². The van der Waals surface area contributed by atoms with E-state index in [1.54, 1.807) is 12.3 Å². The molecule has 0 fully saturated rings. The summed E-state index contributed by atoms with van der Waals surface area (Å²) in [6.45, 7) is 0.352. The smallest absolute Gasteiger partial charge is 0.262 e. The first-order valence-electron chi connectivity index (χ1n) is 7.48. The molecule has 9 heteroatoms. The Hall–Kier alpha value is -2.20. The van der Waals surface area contributed by atoms with Crippen molar-refractivity contribution < 1.29 is 22.5 Å². The number of likely N-dealkylation sites (N-methyl/N-ethyl adjacent to an activating group) is 1. The molecular weight excluding hydrogens is 346 g/mol. The number of furan rings is 1. The van der Waals surface area contributed by atoms with Crippen LogP contribution >= 0.6 is 0 Å². The van der Waals surface area contributed by atoms with Gasteiger partial charge in [0.2, 0.25) is 0 Å². The van der Waals surface area contributed by atoms with Gasteiger partial charge in [0, 0.05) is 12.1 Å². The van der Waals surface area contributed by atoms with E-state index in [2.05, 4.69) is 10.2 Å². The molecule has 1 aromatic carbocycles. The number of hydrogen-bond acceptors (Lipinski definition) is 6. The fourth-order valence-corrected chi connectivity index (χ4v) is 3.06. The monoisotopic (exact) mass is 367 g/mol. The van der Waals surface area contributed by atoms with Crippen molar-refractivity contribution in [1.82, 2.24) is 15.1 Å². The van der Waals surface area contributed by atoms with Gasteiger partial charge in [-0.2, -0.15) is 0 Å². The van der Waals surface area contributed by atoms with Crippen LogP contribution in [0.2, 0.25) is 0 Å². The zero-order valence-corrected chi connectivity index (χ0v) is 15.0. The van der Waals surface area contributed by atoms with Gasteiger partial charge in [-0.1, -0.05) is 4.89 Å². The van der Waals surface area contributed by atoms with E-state index in [9.17, 15) is 13.2 Å². The van der Waals surface area contributed by atoms with Gasteiger partial charge in [-0.05, 0) is 50.5 Å². The SMILES string of the molecule is CONS(=O)(=O)c1ccc(C(=O)NCC(c2ccco2)N(C)C)cc1. The van der Waals surface area contributed by atoms with E-state index in [-0.39, 0.29) is 16.8 Å². The summed E-state index contributed by atoms with van der Waals surface area (Å²) in [5, 5.41) is 2.82. The van der Waals surface area contributed by atoms with Crippen LogP contribution in [0.1, 0.15) is 22.2 Å². The van der Waals surface area contributed by atoms with Gasteiger partial charge in [0.25, 0.3) is 15.9 Å². The van der Waals surface area contributed by atoms with Crippen LogP contribution < -0.4 is 10.2 Å². The molecular formula is C16H21N3O5S. The second-order valence-electron chi connectivity index (χ2n) is 5.52. The quantitative estimate of drug-likeness (QED) is 0.679. The first-order valence-corrected chi connectivity index (χ1v) is 8.96. The van der Waals surface area contributed by atoms with Crippen molar-refractivity contribution in [1.29, 1.82) is 0 Å². The summed E-state index contributed by atoms with van der Waals surface area (Å²) < 4.78 is 29.0. The number of amides is 1. The molecule has 1 aromatic heterocycles. The summed E-state index contributed by atoms with van der Waals surface area (Å²) in [6, 6.07) is 9.09. The maximum Gasteiger partial charge on any atom is 0.262 e. The van der Waals surface area contributed by atoms with E-state index in [0.717, 1.165) is 5.76 Å². The number of carbonyl (C=O) groups excluding carboxylic acids is 1. The highest BCUT2D eigenvalue weighted by Gasteiger charge is 2.19. The number of hydrogen-bond donors (Lipinski definition) is 2. The maximum atomic E-state index is 12.3. The van der Waals surface area contributed by atoms with Gasteiger partial charge in [-0.25, -0.2) is 8.42 Å². The van der Waals surface area contributed by atoms with Crippen molar-refractivity contribution in [2.75, 3.05) is 27.7 Å². The molecule has 1 heterocycles. The lowest BCUT2D eigenvalue weighted by molar-refractivity contribution is 0.0939. The molecule has 0 aliphatic heterocycles. The summed E-state index contributed by atoms with van der Waals surface area (Å²) in [6.07, 6.45) is 1.58. The van der Waals surface area contributed by atoms with E-state index in [1.807, 2.05) is 29.9 Å². The van der Waals surface area contributed by atoms with Crippen molar-refractivity contribution in [2.45, 2.75) is 10.9 Å². The lowest BCUT2D eigenvalue weighted by atomic mass is 10.2. The van der Waals surface area contributed by atoms with Gasteiger partial charge in [-0.3, -0.25) is 14.5 Å². The first-order chi connectivity index (χ1) is 11.8. The first kappa shape index (κ1) is 19.1. The zero-order valence-electron chi connectivity index (χ0n) is 14.2. The van der Waals surface area contributed by atoms with Crippen LogP contribution in [0.15, 0.2) is 52.0 Å². The molecule has 0 bridgehead atoms. The van der Waals surface area contributed by atoms with Gasteiger partial charge in [0.1, 0.15) is 5.76 Å². The number of carbonyl (C=O) groups is 1. The summed E-state index contributed by atoms with van der Waals surface area (Å²) >= 11 is 0. The Morgan fingerprint density at radius 3 is 2.44 bits per heavy atom. The van der Waals surface area contributed by atoms with Gasteiger partial charge >= 0.3 is 0 Å². The average molecular weight is 367 g/mol. The Morgan fingerprint density at radius 1 is 1.24 bits per heavy atom. The van der Waals surface area contributed by atoms with Crippen LogP contribution in [0.3, 0.4) is 0 Å². The minimum Gasteiger partial charge on any atom is -0.468 e. The molecule has 8 nitrogen and oxygen atoms in total. The van der Waals surface area contributed by atoms with Gasteiger partial charge in [-0.15, -0.1) is 0 Å². The Bertz CT molecular complexity index is 786. The van der Waals surface area contributed by atoms with E-state index in [1.165, 1.54) is 31.4 Å². The van der Waals surface area contributed by atoms with E-state index >= 15 is 0 Å². The third kappa shape index (κ3) is 4.89. The maximum absolute atomic E-state index is 12.3. The number of nitrogens with one attached hydrogen (secondary N) is 2. The van der Waals surface area contributed by atoms with Crippen LogP contribution in [0.4, 0.5) is 0 Å². The second-order valence-corrected chi connectivity index (χ2v) is 7.17. The Kier molecular flexibility index (Phi) is 6.32. The second kappa shape index (κ2) is 8.26. The van der Waals surface area contributed by atoms with Gasteiger partial charge < -0.3 is 9.73 Å². The van der Waals surface area contributed by atoms with Crippen LogP contribution in [0.25, 0.3) is 0 Å². The predicted octanol–water partition coefficient (Wildman–Crippen LogP) is 1.15. The summed E-state index contributed by atoms with van der Waals surface area (Å²) in [4.78, 5) is 20.6. The number of rotatable bonds is 8. The molecule has 0 aliphatic rings. The molecule has 2 aromatic rings. The molecule has 25 heavy (non-hydrogen) atoms. The summed E-state index contributed by atoms with van der Waals surface area (Å²) in [7, 11) is 1.25. The molecule has 1 unspecified atom stereocenters.